The summed E-state index contributed by atoms with van der Waals surface area (Å²) in [4.78, 5) is 17.9. The average molecular weight is 508 g/mol. The van der Waals surface area contributed by atoms with Crippen LogP contribution in [0.3, 0.4) is 0 Å². The van der Waals surface area contributed by atoms with Crippen LogP contribution in [0, 0.1) is 0 Å². The number of allylic oxidation sites excluding steroid dienone is 1. The van der Waals surface area contributed by atoms with Crippen LogP contribution in [0.5, 0.6) is 11.5 Å². The van der Waals surface area contributed by atoms with Crippen molar-refractivity contribution in [3.63, 3.8) is 0 Å². The summed E-state index contributed by atoms with van der Waals surface area (Å²) >= 11 is 0. The van der Waals surface area contributed by atoms with Crippen molar-refractivity contribution in [2.75, 3.05) is 13.7 Å². The maximum Gasteiger partial charge on any atom is 0.416 e. The molecule has 0 aliphatic rings. The number of alkyl halides is 3. The van der Waals surface area contributed by atoms with Crippen LogP contribution in [0.25, 0.3) is 22.3 Å². The van der Waals surface area contributed by atoms with E-state index in [0.29, 0.717) is 35.6 Å². The van der Waals surface area contributed by atoms with E-state index in [-0.39, 0.29) is 16.8 Å². The topological polar surface area (TPSA) is 65.7 Å². The van der Waals surface area contributed by atoms with Gasteiger partial charge in [-0.25, -0.2) is 4.98 Å². The zero-order chi connectivity index (χ0) is 26.6. The highest BCUT2D eigenvalue weighted by molar-refractivity contribution is 5.83. The third kappa shape index (κ3) is 5.40. The molecule has 0 radical (unpaired) electrons. The molecule has 0 bridgehead atoms. The molecule has 6 nitrogen and oxygen atoms in total. The van der Waals surface area contributed by atoms with Crippen molar-refractivity contribution in [3.05, 3.63) is 100 Å². The van der Waals surface area contributed by atoms with E-state index in [1.165, 1.54) is 25.5 Å². The van der Waals surface area contributed by atoms with Gasteiger partial charge >= 0.3 is 6.18 Å². The van der Waals surface area contributed by atoms with Crippen LogP contribution < -0.4 is 15.0 Å². The first-order valence-corrected chi connectivity index (χ1v) is 11.4. The highest BCUT2D eigenvalue weighted by Crippen LogP contribution is 2.34. The van der Waals surface area contributed by atoms with Gasteiger partial charge in [0.15, 0.2) is 17.3 Å². The lowest BCUT2D eigenvalue weighted by Crippen LogP contribution is -2.20. The van der Waals surface area contributed by atoms with Gasteiger partial charge in [0.25, 0.3) is 5.56 Å². The zero-order valence-corrected chi connectivity index (χ0v) is 20.2. The molecule has 0 amide bonds. The Kier molecular flexibility index (Phi) is 7.42. The Balaban J connectivity index is 1.91. The molecule has 4 rings (SSSR count). The molecule has 1 heterocycles. The quantitative estimate of drug-likeness (QED) is 0.214. The number of fused-ring (bicyclic) bond motifs is 1. The monoisotopic (exact) mass is 507 g/mol. The van der Waals surface area contributed by atoms with E-state index < -0.39 is 17.3 Å². The summed E-state index contributed by atoms with van der Waals surface area (Å²) in [7, 11) is 1.51. The zero-order valence-electron chi connectivity index (χ0n) is 20.2. The van der Waals surface area contributed by atoms with Gasteiger partial charge in [0.2, 0.25) is 0 Å². The van der Waals surface area contributed by atoms with Crippen LogP contribution in [0.15, 0.2) is 83.2 Å². The third-order valence-corrected chi connectivity index (χ3v) is 5.55. The molecule has 0 saturated carbocycles. The molecule has 37 heavy (non-hydrogen) atoms. The lowest BCUT2D eigenvalue weighted by molar-refractivity contribution is -0.137. The average Bonchev–Trinajstić information content (AvgIpc) is 2.89. The van der Waals surface area contributed by atoms with Gasteiger partial charge in [-0.1, -0.05) is 30.3 Å². The number of halogens is 3. The summed E-state index contributed by atoms with van der Waals surface area (Å²) in [6.45, 7) is 6.08. The first-order chi connectivity index (χ1) is 17.8. The van der Waals surface area contributed by atoms with Crippen molar-refractivity contribution in [1.29, 1.82) is 0 Å². The molecule has 0 aliphatic carbocycles. The first kappa shape index (κ1) is 25.7. The van der Waals surface area contributed by atoms with E-state index in [9.17, 15) is 18.0 Å². The molecule has 1 aromatic heterocycles. The molecule has 190 valence electrons. The predicted molar refractivity (Wildman–Crippen MR) is 137 cm³/mol. The van der Waals surface area contributed by atoms with E-state index in [1.807, 2.05) is 13.0 Å². The minimum absolute atomic E-state index is 0.0183. The molecule has 0 N–H and O–H groups in total. The molecular formula is C28H24F3N3O3. The molecule has 0 unspecified atom stereocenters. The Labute approximate surface area is 211 Å². The third-order valence-electron chi connectivity index (χ3n) is 5.55. The molecule has 0 spiro atoms. The van der Waals surface area contributed by atoms with Gasteiger partial charge in [0.1, 0.15) is 0 Å². The molecule has 0 fully saturated rings. The highest BCUT2D eigenvalue weighted by Gasteiger charge is 2.31. The molecular weight excluding hydrogens is 483 g/mol. The van der Waals surface area contributed by atoms with Crippen molar-refractivity contribution in [3.8, 4) is 22.9 Å². The van der Waals surface area contributed by atoms with E-state index >= 15 is 0 Å². The van der Waals surface area contributed by atoms with Crippen molar-refractivity contribution >= 4 is 17.1 Å². The van der Waals surface area contributed by atoms with Gasteiger partial charge in [-0.3, -0.25) is 4.79 Å². The Morgan fingerprint density at radius 2 is 1.89 bits per heavy atom. The van der Waals surface area contributed by atoms with Crippen LogP contribution in [-0.4, -0.2) is 29.6 Å². The van der Waals surface area contributed by atoms with Crippen LogP contribution in [0.4, 0.5) is 13.2 Å². The molecule has 0 saturated heterocycles. The normalized spacial score (nSPS) is 11.7. The minimum atomic E-state index is -4.55. The smallest absolute Gasteiger partial charge is 0.416 e. The number of methoxy groups -OCH3 is 1. The highest BCUT2D eigenvalue weighted by atomic mass is 19.4. The maximum absolute atomic E-state index is 13.4. The van der Waals surface area contributed by atoms with E-state index in [4.69, 9.17) is 9.47 Å². The maximum atomic E-state index is 13.4. The summed E-state index contributed by atoms with van der Waals surface area (Å²) in [5.41, 5.74) is 0.479. The number of benzene rings is 3. The Bertz CT molecular complexity index is 1540. The van der Waals surface area contributed by atoms with Gasteiger partial charge < -0.3 is 9.47 Å². The second-order valence-corrected chi connectivity index (χ2v) is 8.03. The van der Waals surface area contributed by atoms with Crippen molar-refractivity contribution in [2.45, 2.75) is 19.5 Å². The summed E-state index contributed by atoms with van der Waals surface area (Å²) in [6.07, 6.45) is -0.899. The SMILES string of the molecule is C=CCc1cc(C=Nn2c(-c3cccc(C(F)(F)F)c3)nc3ccccc3c2=O)cc(OC)c1OCC. The minimum Gasteiger partial charge on any atom is -0.493 e. The summed E-state index contributed by atoms with van der Waals surface area (Å²) in [5.74, 6) is 1.04. The molecule has 3 aromatic carbocycles. The van der Waals surface area contributed by atoms with E-state index in [1.54, 1.807) is 36.4 Å². The Morgan fingerprint density at radius 3 is 2.59 bits per heavy atom. The van der Waals surface area contributed by atoms with Gasteiger partial charge in [0.05, 0.1) is 36.4 Å². The van der Waals surface area contributed by atoms with Crippen molar-refractivity contribution in [1.82, 2.24) is 9.66 Å². The molecule has 9 heteroatoms. The lowest BCUT2D eigenvalue weighted by Gasteiger charge is -2.15. The van der Waals surface area contributed by atoms with Gasteiger partial charge in [-0.2, -0.15) is 22.9 Å². The van der Waals surface area contributed by atoms with Gasteiger partial charge in [0, 0.05) is 11.1 Å². The van der Waals surface area contributed by atoms with Crippen LogP contribution in [0.1, 0.15) is 23.6 Å². The number of aromatic nitrogens is 2. The molecule has 0 atom stereocenters. The van der Waals surface area contributed by atoms with Crippen LogP contribution in [-0.2, 0) is 12.6 Å². The largest absolute Gasteiger partial charge is 0.493 e. The lowest BCUT2D eigenvalue weighted by atomic mass is 10.1. The van der Waals surface area contributed by atoms with Crippen molar-refractivity contribution < 1.29 is 22.6 Å². The first-order valence-electron chi connectivity index (χ1n) is 11.4. The number of nitrogens with zero attached hydrogens (tertiary/aromatic N) is 3. The number of para-hydroxylation sites is 1. The molecule has 0 aliphatic heterocycles. The van der Waals surface area contributed by atoms with E-state index in [2.05, 4.69) is 16.7 Å². The standard InChI is InChI=1S/C28H24F3N3O3/c1-4-9-19-14-18(15-24(36-3)25(19)37-5-2)17-32-34-26(20-10-8-11-21(16-20)28(29,30)31)33-23-13-7-6-12-22(23)27(34)35/h4,6-8,10-17H,1,5,9H2,2-3H3. The second-order valence-electron chi connectivity index (χ2n) is 8.03. The fourth-order valence-corrected chi connectivity index (χ4v) is 3.90. The van der Waals surface area contributed by atoms with Gasteiger partial charge in [-0.15, -0.1) is 6.58 Å². The van der Waals surface area contributed by atoms with Gasteiger partial charge in [-0.05, 0) is 55.3 Å². The summed E-state index contributed by atoms with van der Waals surface area (Å²) in [5, 5.41) is 4.64. The van der Waals surface area contributed by atoms with Crippen LogP contribution >= 0.6 is 0 Å². The Hall–Kier alpha value is -4.40. The van der Waals surface area contributed by atoms with Crippen LogP contribution in [0.2, 0.25) is 0 Å². The number of rotatable bonds is 8. The number of hydrogen-bond donors (Lipinski definition) is 0. The second kappa shape index (κ2) is 10.7. The number of hydrogen-bond acceptors (Lipinski definition) is 5. The fourth-order valence-electron chi connectivity index (χ4n) is 3.90. The Morgan fingerprint density at radius 1 is 1.11 bits per heavy atom. The predicted octanol–water partition coefficient (Wildman–Crippen LogP) is 6.10. The van der Waals surface area contributed by atoms with Crippen molar-refractivity contribution in [2.24, 2.45) is 5.10 Å². The summed E-state index contributed by atoms with van der Waals surface area (Å²) in [6, 6.07) is 14.8. The fraction of sp³-hybridized carbons (Fsp3) is 0.179. The number of ether oxygens (including phenoxy) is 2. The summed E-state index contributed by atoms with van der Waals surface area (Å²) < 4.78 is 52.4. The van der Waals surface area contributed by atoms with E-state index in [0.717, 1.165) is 22.4 Å². The molecule has 4 aromatic rings.